The van der Waals surface area contributed by atoms with Crippen LogP contribution in [0.1, 0.15) is 5.56 Å². The van der Waals surface area contributed by atoms with Crippen LogP contribution in [0, 0.1) is 6.92 Å². The Bertz CT molecular complexity index is 338. The average Bonchev–Trinajstić information content (AvgIpc) is 2.90. The van der Waals surface area contributed by atoms with Crippen molar-refractivity contribution in [3.8, 4) is 0 Å². The Morgan fingerprint density at radius 1 is 1.57 bits per heavy atom. The zero-order valence-electron chi connectivity index (χ0n) is 8.55. The van der Waals surface area contributed by atoms with Crippen molar-refractivity contribution in [2.45, 2.75) is 13.0 Å². The Labute approximate surface area is 89.9 Å². The zero-order valence-corrected chi connectivity index (χ0v) is 9.30. The highest BCUT2D eigenvalue weighted by Gasteiger charge is 2.33. The molecule has 1 fully saturated rings. The summed E-state index contributed by atoms with van der Waals surface area (Å²) in [5.74, 6) is 0. The number of hydrogen-bond acceptors (Lipinski definition) is 2. The van der Waals surface area contributed by atoms with Gasteiger partial charge in [-0.2, -0.15) is 0 Å². The number of hydrogen-bond donors (Lipinski definition) is 1. The molecule has 76 valence electrons. The highest BCUT2D eigenvalue weighted by Crippen LogP contribution is 2.30. The Morgan fingerprint density at radius 2 is 2.36 bits per heavy atom. The van der Waals surface area contributed by atoms with Gasteiger partial charge >= 0.3 is 0 Å². The van der Waals surface area contributed by atoms with Crippen molar-refractivity contribution in [1.82, 2.24) is 5.32 Å². The summed E-state index contributed by atoms with van der Waals surface area (Å²) in [4.78, 5) is 2.35. The van der Waals surface area contributed by atoms with Gasteiger partial charge in [0.2, 0.25) is 0 Å². The minimum atomic E-state index is 0.652. The predicted octanol–water partition coefficient (Wildman–Crippen LogP) is 2.06. The van der Waals surface area contributed by atoms with Gasteiger partial charge in [0.1, 0.15) is 0 Å². The number of halogens is 1. The molecule has 1 atom stereocenters. The summed E-state index contributed by atoms with van der Waals surface area (Å²) < 4.78 is 0. The van der Waals surface area contributed by atoms with E-state index < -0.39 is 0 Å². The zero-order chi connectivity index (χ0) is 10.1. The second kappa shape index (κ2) is 3.79. The molecular formula is C11H15ClN2. The standard InChI is InChI=1S/C11H15ClN2/c1-8-3-4-9(5-11(8)12)14-7-10(14)6-13-2/h3-5,10,13H,6-7H2,1-2H3. The summed E-state index contributed by atoms with van der Waals surface area (Å²) in [5, 5.41) is 4.04. The number of nitrogens with one attached hydrogen (secondary N) is 1. The van der Waals surface area contributed by atoms with E-state index in [1.807, 2.05) is 20.0 Å². The molecule has 1 aliphatic heterocycles. The van der Waals surface area contributed by atoms with E-state index in [1.54, 1.807) is 0 Å². The van der Waals surface area contributed by atoms with E-state index in [1.165, 1.54) is 5.69 Å². The number of likely N-dealkylation sites (N-methyl/N-ethyl adjacent to an activating group) is 1. The minimum Gasteiger partial charge on any atom is -0.363 e. The molecule has 0 aromatic heterocycles. The predicted molar refractivity (Wildman–Crippen MR) is 61.2 cm³/mol. The topological polar surface area (TPSA) is 15.0 Å². The Morgan fingerprint density at radius 3 is 3.00 bits per heavy atom. The quantitative estimate of drug-likeness (QED) is 0.769. The van der Waals surface area contributed by atoms with Gasteiger partial charge in [0.25, 0.3) is 0 Å². The van der Waals surface area contributed by atoms with Gasteiger partial charge in [-0.15, -0.1) is 0 Å². The molecule has 1 saturated heterocycles. The van der Waals surface area contributed by atoms with Gasteiger partial charge in [0.05, 0.1) is 6.04 Å². The molecule has 1 aromatic rings. The van der Waals surface area contributed by atoms with E-state index in [4.69, 9.17) is 11.6 Å². The number of aryl methyl sites for hydroxylation is 1. The fourth-order valence-corrected chi connectivity index (χ4v) is 1.84. The molecule has 1 aromatic carbocycles. The molecule has 0 amide bonds. The van der Waals surface area contributed by atoms with Crippen LogP contribution in [-0.2, 0) is 0 Å². The molecule has 0 radical (unpaired) electrons. The first kappa shape index (κ1) is 9.81. The van der Waals surface area contributed by atoms with Gasteiger partial charge in [-0.1, -0.05) is 17.7 Å². The Kier molecular flexibility index (Phi) is 2.66. The van der Waals surface area contributed by atoms with E-state index in [-0.39, 0.29) is 0 Å². The van der Waals surface area contributed by atoms with Crippen LogP contribution in [-0.4, -0.2) is 26.2 Å². The lowest BCUT2D eigenvalue weighted by Gasteiger charge is -2.07. The highest BCUT2D eigenvalue weighted by molar-refractivity contribution is 6.31. The number of benzene rings is 1. The fourth-order valence-electron chi connectivity index (χ4n) is 1.67. The first-order chi connectivity index (χ1) is 6.72. The molecule has 1 unspecified atom stereocenters. The van der Waals surface area contributed by atoms with Crippen LogP contribution in [0.5, 0.6) is 0 Å². The summed E-state index contributed by atoms with van der Waals surface area (Å²) in [6.07, 6.45) is 0. The third kappa shape index (κ3) is 1.86. The second-order valence-electron chi connectivity index (χ2n) is 3.80. The molecule has 1 N–H and O–H groups in total. The molecule has 1 heterocycles. The summed E-state index contributed by atoms with van der Waals surface area (Å²) >= 11 is 6.07. The summed E-state index contributed by atoms with van der Waals surface area (Å²) in [6.45, 7) is 4.21. The van der Waals surface area contributed by atoms with Crippen LogP contribution in [0.3, 0.4) is 0 Å². The van der Waals surface area contributed by atoms with E-state index in [9.17, 15) is 0 Å². The normalized spacial score (nSPS) is 19.9. The molecule has 2 nitrogen and oxygen atoms in total. The van der Waals surface area contributed by atoms with Crippen LogP contribution < -0.4 is 10.2 Å². The number of anilines is 1. The molecule has 0 aliphatic carbocycles. The van der Waals surface area contributed by atoms with Crippen molar-refractivity contribution >= 4 is 17.3 Å². The van der Waals surface area contributed by atoms with Crippen molar-refractivity contribution in [3.05, 3.63) is 28.8 Å². The fraction of sp³-hybridized carbons (Fsp3) is 0.455. The van der Waals surface area contributed by atoms with Crippen LogP contribution >= 0.6 is 11.6 Å². The van der Waals surface area contributed by atoms with Crippen molar-refractivity contribution in [1.29, 1.82) is 0 Å². The van der Waals surface area contributed by atoms with Crippen molar-refractivity contribution in [2.24, 2.45) is 0 Å². The van der Waals surface area contributed by atoms with Gasteiger partial charge in [-0.3, -0.25) is 0 Å². The molecule has 1 aliphatic rings. The van der Waals surface area contributed by atoms with Crippen molar-refractivity contribution < 1.29 is 0 Å². The third-order valence-corrected chi connectivity index (χ3v) is 3.05. The van der Waals surface area contributed by atoms with Crippen LogP contribution in [0.15, 0.2) is 18.2 Å². The van der Waals surface area contributed by atoms with Crippen LogP contribution in [0.25, 0.3) is 0 Å². The lowest BCUT2D eigenvalue weighted by atomic mass is 10.2. The smallest absolute Gasteiger partial charge is 0.0590 e. The monoisotopic (exact) mass is 210 g/mol. The molecule has 0 spiro atoms. The van der Waals surface area contributed by atoms with Gasteiger partial charge in [0, 0.05) is 23.8 Å². The van der Waals surface area contributed by atoms with Crippen molar-refractivity contribution in [3.63, 3.8) is 0 Å². The maximum Gasteiger partial charge on any atom is 0.0590 e. The third-order valence-electron chi connectivity index (χ3n) is 2.64. The first-order valence-corrected chi connectivity index (χ1v) is 5.27. The van der Waals surface area contributed by atoms with E-state index in [2.05, 4.69) is 22.3 Å². The largest absolute Gasteiger partial charge is 0.363 e. The van der Waals surface area contributed by atoms with Crippen LogP contribution in [0.2, 0.25) is 5.02 Å². The first-order valence-electron chi connectivity index (χ1n) is 4.90. The molecule has 3 heteroatoms. The lowest BCUT2D eigenvalue weighted by molar-refractivity contribution is 0.791. The Hall–Kier alpha value is -0.730. The summed E-state index contributed by atoms with van der Waals surface area (Å²) in [6, 6.07) is 6.91. The minimum absolute atomic E-state index is 0.652. The molecule has 2 rings (SSSR count). The maximum atomic E-state index is 6.07. The lowest BCUT2D eigenvalue weighted by Crippen LogP contribution is -2.17. The Balaban J connectivity index is 2.08. The number of nitrogens with zero attached hydrogens (tertiary/aromatic N) is 1. The van der Waals surface area contributed by atoms with E-state index >= 15 is 0 Å². The molecule has 14 heavy (non-hydrogen) atoms. The van der Waals surface area contributed by atoms with Crippen LogP contribution in [0.4, 0.5) is 5.69 Å². The van der Waals surface area contributed by atoms with Crippen molar-refractivity contribution in [2.75, 3.05) is 25.0 Å². The maximum absolute atomic E-state index is 6.07. The average molecular weight is 211 g/mol. The van der Waals surface area contributed by atoms with Gasteiger partial charge in [-0.05, 0) is 31.7 Å². The number of rotatable bonds is 3. The summed E-state index contributed by atoms with van der Waals surface area (Å²) in [5.41, 5.74) is 2.38. The van der Waals surface area contributed by atoms with Gasteiger partial charge in [0.15, 0.2) is 0 Å². The molecule has 0 bridgehead atoms. The summed E-state index contributed by atoms with van der Waals surface area (Å²) in [7, 11) is 1.98. The molecule has 0 saturated carbocycles. The molecular weight excluding hydrogens is 196 g/mol. The van der Waals surface area contributed by atoms with Gasteiger partial charge < -0.3 is 10.2 Å². The SMILES string of the molecule is CNCC1CN1c1ccc(C)c(Cl)c1. The van der Waals surface area contributed by atoms with E-state index in [0.717, 1.165) is 23.7 Å². The second-order valence-corrected chi connectivity index (χ2v) is 4.20. The van der Waals surface area contributed by atoms with E-state index in [0.29, 0.717) is 6.04 Å². The van der Waals surface area contributed by atoms with Gasteiger partial charge in [-0.25, -0.2) is 0 Å². The highest BCUT2D eigenvalue weighted by atomic mass is 35.5.